The summed E-state index contributed by atoms with van der Waals surface area (Å²) in [5, 5.41) is 8.64. The lowest BCUT2D eigenvalue weighted by Crippen LogP contribution is -2.12. The van der Waals surface area contributed by atoms with Crippen LogP contribution in [0.15, 0.2) is 78.0 Å². The van der Waals surface area contributed by atoms with Gasteiger partial charge < -0.3 is 10.6 Å². The lowest BCUT2D eigenvalue weighted by molar-refractivity contribution is 0.415. The topological polar surface area (TPSA) is 66.0 Å². The molecule has 1 heterocycles. The second-order valence-corrected chi connectivity index (χ2v) is 7.58. The van der Waals surface area contributed by atoms with Gasteiger partial charge in [0.15, 0.2) is 5.82 Å². The van der Waals surface area contributed by atoms with Gasteiger partial charge >= 0.3 is 0 Å². The number of methoxy groups -OCH3 is 1. The summed E-state index contributed by atoms with van der Waals surface area (Å²) in [7, 11) is 1.60. The number of thioether (sulfide) groups is 1. The summed E-state index contributed by atoms with van der Waals surface area (Å²) in [6.07, 6.45) is 0. The molecule has 4 aromatic rings. The van der Waals surface area contributed by atoms with Crippen molar-refractivity contribution in [2.24, 2.45) is 0 Å². The second kappa shape index (κ2) is 8.54. The smallest absolute Gasteiger partial charge is 0.211 e. The van der Waals surface area contributed by atoms with Gasteiger partial charge in [0.2, 0.25) is 5.16 Å². The first kappa shape index (κ1) is 19.9. The van der Waals surface area contributed by atoms with Crippen molar-refractivity contribution in [2.75, 3.05) is 13.0 Å². The summed E-state index contributed by atoms with van der Waals surface area (Å²) in [6.45, 7) is 0. The predicted molar refractivity (Wildman–Crippen MR) is 113 cm³/mol. The predicted octanol–water partition coefficient (Wildman–Crippen LogP) is 4.83. The van der Waals surface area contributed by atoms with Crippen LogP contribution >= 0.6 is 11.8 Å². The van der Waals surface area contributed by atoms with Crippen LogP contribution in [-0.2, 0) is 0 Å². The molecular weight excluding hydrogens is 406 g/mol. The van der Waals surface area contributed by atoms with Crippen LogP contribution in [0, 0.1) is 11.6 Å². The number of rotatable bonds is 6. The van der Waals surface area contributed by atoms with E-state index in [1.807, 2.05) is 24.3 Å². The van der Waals surface area contributed by atoms with Crippen molar-refractivity contribution in [1.29, 1.82) is 0 Å². The molecule has 0 atom stereocenters. The van der Waals surface area contributed by atoms with Gasteiger partial charge in [-0.2, -0.15) is 0 Å². The Kier molecular flexibility index (Phi) is 5.67. The standard InChI is InChI=1S/C22H18F2N4OS/c1-29-19-12-6-16(7-13-19)21-26-27-22(28(21)25)30-20(14-2-8-17(23)9-3-14)15-4-10-18(24)11-5-15/h2-13,20H,25H2,1H3. The summed E-state index contributed by atoms with van der Waals surface area (Å²) < 4.78 is 33.4. The Hall–Kier alpha value is -3.39. The summed E-state index contributed by atoms with van der Waals surface area (Å²) in [6, 6.07) is 19.7. The van der Waals surface area contributed by atoms with E-state index in [-0.39, 0.29) is 16.9 Å². The van der Waals surface area contributed by atoms with Crippen LogP contribution < -0.4 is 10.6 Å². The van der Waals surface area contributed by atoms with Gasteiger partial charge in [-0.15, -0.1) is 10.2 Å². The summed E-state index contributed by atoms with van der Waals surface area (Å²) in [4.78, 5) is 0. The van der Waals surface area contributed by atoms with Gasteiger partial charge in [0.1, 0.15) is 17.4 Å². The second-order valence-electron chi connectivity index (χ2n) is 6.51. The van der Waals surface area contributed by atoms with Gasteiger partial charge in [0.25, 0.3) is 0 Å². The first-order chi connectivity index (χ1) is 14.5. The summed E-state index contributed by atoms with van der Waals surface area (Å²) >= 11 is 1.35. The van der Waals surface area contributed by atoms with Gasteiger partial charge in [-0.05, 0) is 59.7 Å². The van der Waals surface area contributed by atoms with Crippen molar-refractivity contribution in [1.82, 2.24) is 14.9 Å². The molecule has 0 radical (unpaired) electrons. The molecule has 4 rings (SSSR count). The highest BCUT2D eigenvalue weighted by Gasteiger charge is 2.21. The molecule has 0 bridgehead atoms. The van der Waals surface area contributed by atoms with Crippen LogP contribution in [-0.4, -0.2) is 22.0 Å². The zero-order chi connectivity index (χ0) is 21.1. The fourth-order valence-corrected chi connectivity index (χ4v) is 4.09. The molecule has 0 unspecified atom stereocenters. The minimum Gasteiger partial charge on any atom is -0.497 e. The quantitative estimate of drug-likeness (QED) is 0.355. The van der Waals surface area contributed by atoms with Gasteiger partial charge in [-0.3, -0.25) is 0 Å². The highest BCUT2D eigenvalue weighted by atomic mass is 32.2. The molecule has 0 spiro atoms. The highest BCUT2D eigenvalue weighted by Crippen LogP contribution is 2.40. The Labute approximate surface area is 176 Å². The van der Waals surface area contributed by atoms with E-state index >= 15 is 0 Å². The van der Waals surface area contributed by atoms with Gasteiger partial charge in [0.05, 0.1) is 12.4 Å². The molecule has 3 aromatic carbocycles. The lowest BCUT2D eigenvalue weighted by atomic mass is 10.0. The van der Waals surface area contributed by atoms with Crippen molar-refractivity contribution < 1.29 is 13.5 Å². The van der Waals surface area contributed by atoms with Crippen LogP contribution in [0.25, 0.3) is 11.4 Å². The fourth-order valence-electron chi connectivity index (χ4n) is 3.00. The molecule has 0 fully saturated rings. The molecule has 0 aliphatic heterocycles. The molecule has 0 aliphatic carbocycles. The average Bonchev–Trinajstić information content (AvgIpc) is 3.14. The third-order valence-electron chi connectivity index (χ3n) is 4.58. The number of halogens is 2. The molecule has 0 amide bonds. The number of hydrogen-bond acceptors (Lipinski definition) is 5. The van der Waals surface area contributed by atoms with E-state index in [1.54, 1.807) is 31.4 Å². The molecule has 152 valence electrons. The van der Waals surface area contributed by atoms with Crippen LogP contribution in [0.3, 0.4) is 0 Å². The molecule has 0 saturated carbocycles. The largest absolute Gasteiger partial charge is 0.497 e. The molecule has 0 aliphatic rings. The monoisotopic (exact) mass is 424 g/mol. The maximum atomic E-state index is 13.4. The number of hydrogen-bond donors (Lipinski definition) is 1. The van der Waals surface area contributed by atoms with Crippen molar-refractivity contribution in [2.45, 2.75) is 10.4 Å². The first-order valence-electron chi connectivity index (χ1n) is 9.07. The Bertz CT molecular complexity index is 1080. The van der Waals surface area contributed by atoms with Crippen molar-refractivity contribution in [3.63, 3.8) is 0 Å². The number of ether oxygens (including phenoxy) is 1. The van der Waals surface area contributed by atoms with E-state index in [1.165, 1.54) is 40.7 Å². The number of nitrogens with zero attached hydrogens (tertiary/aromatic N) is 3. The Morgan fingerprint density at radius 3 is 1.87 bits per heavy atom. The zero-order valence-electron chi connectivity index (χ0n) is 16.0. The molecule has 30 heavy (non-hydrogen) atoms. The van der Waals surface area contributed by atoms with Crippen molar-refractivity contribution in [3.8, 4) is 17.1 Å². The van der Waals surface area contributed by atoms with E-state index in [4.69, 9.17) is 10.6 Å². The molecule has 5 nitrogen and oxygen atoms in total. The van der Waals surface area contributed by atoms with E-state index in [2.05, 4.69) is 10.2 Å². The third-order valence-corrected chi connectivity index (χ3v) is 5.85. The van der Waals surface area contributed by atoms with Gasteiger partial charge in [-0.1, -0.05) is 36.0 Å². The third kappa shape index (κ3) is 4.13. The van der Waals surface area contributed by atoms with Crippen molar-refractivity contribution >= 4 is 11.8 Å². The number of nitrogen functional groups attached to an aromatic ring is 1. The van der Waals surface area contributed by atoms with Gasteiger partial charge in [0, 0.05) is 5.56 Å². The minimum atomic E-state index is -0.328. The maximum absolute atomic E-state index is 13.4. The zero-order valence-corrected chi connectivity index (χ0v) is 16.8. The van der Waals surface area contributed by atoms with Crippen LogP contribution in [0.1, 0.15) is 16.4 Å². The lowest BCUT2D eigenvalue weighted by Gasteiger charge is -2.17. The summed E-state index contributed by atoms with van der Waals surface area (Å²) in [5.41, 5.74) is 2.46. The Balaban J connectivity index is 1.68. The van der Waals surface area contributed by atoms with Crippen LogP contribution in [0.5, 0.6) is 5.75 Å². The normalized spacial score (nSPS) is 11.1. The molecular formula is C22H18F2N4OS. The van der Waals surface area contributed by atoms with E-state index in [0.29, 0.717) is 11.0 Å². The number of nitrogens with two attached hydrogens (primary N) is 1. The number of benzene rings is 3. The van der Waals surface area contributed by atoms with E-state index in [9.17, 15) is 8.78 Å². The van der Waals surface area contributed by atoms with E-state index in [0.717, 1.165) is 22.4 Å². The summed E-state index contributed by atoms with van der Waals surface area (Å²) in [5.74, 6) is 6.84. The average molecular weight is 424 g/mol. The SMILES string of the molecule is COc1ccc(-c2nnc(SC(c3ccc(F)cc3)c3ccc(F)cc3)n2N)cc1. The Morgan fingerprint density at radius 2 is 1.37 bits per heavy atom. The maximum Gasteiger partial charge on any atom is 0.211 e. The van der Waals surface area contributed by atoms with Gasteiger partial charge in [-0.25, -0.2) is 13.5 Å². The fraction of sp³-hybridized carbons (Fsp3) is 0.0909. The Morgan fingerprint density at radius 1 is 0.833 bits per heavy atom. The highest BCUT2D eigenvalue weighted by molar-refractivity contribution is 7.99. The van der Waals surface area contributed by atoms with E-state index < -0.39 is 0 Å². The van der Waals surface area contributed by atoms with Crippen LogP contribution in [0.2, 0.25) is 0 Å². The van der Waals surface area contributed by atoms with Crippen LogP contribution in [0.4, 0.5) is 8.78 Å². The first-order valence-corrected chi connectivity index (χ1v) is 9.95. The molecule has 1 aromatic heterocycles. The number of aromatic nitrogens is 3. The molecule has 0 saturated heterocycles. The minimum absolute atomic E-state index is 0.276. The van der Waals surface area contributed by atoms with Crippen molar-refractivity contribution in [3.05, 3.63) is 95.6 Å². The molecule has 2 N–H and O–H groups in total. The molecule has 8 heteroatoms.